The van der Waals surface area contributed by atoms with Gasteiger partial charge in [0.25, 0.3) is 0 Å². The van der Waals surface area contributed by atoms with Crippen molar-refractivity contribution >= 4 is 157 Å². The molecule has 2 unspecified atom stereocenters. The predicted molar refractivity (Wildman–Crippen MR) is 185 cm³/mol. The third kappa shape index (κ3) is 1.27. The average molecular weight is 551 g/mol. The van der Waals surface area contributed by atoms with Crippen molar-refractivity contribution in [2.45, 2.75) is 18.8 Å². The molecule has 0 heterocycles. The van der Waals surface area contributed by atoms with Crippen LogP contribution in [0.25, 0.3) is 151 Å². The van der Waals surface area contributed by atoms with E-state index >= 15 is 0 Å². The fourth-order valence-electron chi connectivity index (χ4n) is 12.6. The molecule has 44 heavy (non-hydrogen) atoms. The van der Waals surface area contributed by atoms with E-state index in [9.17, 15) is 9.90 Å². The fourth-order valence-corrected chi connectivity index (χ4v) is 12.6. The maximum atomic E-state index is 13.4. The number of carboxylic acid groups (broad SMARTS) is 1. The van der Waals surface area contributed by atoms with Crippen molar-refractivity contribution < 1.29 is 9.90 Å². The molecular weight excluding hydrogens is 536 g/mol. The highest BCUT2D eigenvalue weighted by molar-refractivity contribution is 6.69. The van der Waals surface area contributed by atoms with Crippen molar-refractivity contribution in [1.29, 1.82) is 0 Å². The molecule has 194 valence electrons. The van der Waals surface area contributed by atoms with E-state index < -0.39 is 11.9 Å². The van der Waals surface area contributed by atoms with Crippen LogP contribution in [0.3, 0.4) is 0 Å². The van der Waals surface area contributed by atoms with E-state index in [0.29, 0.717) is 0 Å². The summed E-state index contributed by atoms with van der Waals surface area (Å²) in [5.41, 5.74) is 2.34. The first-order chi connectivity index (χ1) is 21.7. The van der Waals surface area contributed by atoms with Crippen LogP contribution < -0.4 is 0 Å². The molecule has 16 rings (SSSR count). The van der Waals surface area contributed by atoms with Gasteiger partial charge in [0.2, 0.25) is 0 Å². The first-order valence-corrected chi connectivity index (χ1v) is 15.8. The van der Waals surface area contributed by atoms with Crippen LogP contribution in [0.4, 0.5) is 0 Å². The number of fused-ring (bicyclic) bond motifs is 5. The predicted octanol–water partition coefficient (Wildman–Crippen LogP) is 11.4. The summed E-state index contributed by atoms with van der Waals surface area (Å²) in [7, 11) is 0. The minimum Gasteiger partial charge on any atom is -0.481 e. The van der Waals surface area contributed by atoms with Crippen molar-refractivity contribution in [3.8, 4) is 0 Å². The molecule has 15 aromatic carbocycles. The van der Waals surface area contributed by atoms with Crippen LogP contribution in [0.1, 0.15) is 29.9 Å². The lowest BCUT2D eigenvalue weighted by Gasteiger charge is -2.26. The van der Waals surface area contributed by atoms with Gasteiger partial charge in [0.05, 0.1) is 5.92 Å². The van der Waals surface area contributed by atoms with Crippen LogP contribution >= 0.6 is 0 Å². The number of benzene rings is 9. The quantitative estimate of drug-likeness (QED) is 0.206. The Bertz CT molecular complexity index is 3750. The summed E-state index contributed by atoms with van der Waals surface area (Å²) in [6.45, 7) is 2.18. The largest absolute Gasteiger partial charge is 0.481 e. The van der Waals surface area contributed by atoms with E-state index in [-0.39, 0.29) is 5.92 Å². The van der Waals surface area contributed by atoms with E-state index in [1.807, 2.05) is 0 Å². The zero-order chi connectivity index (χ0) is 27.7. The lowest BCUT2D eigenvalue weighted by molar-refractivity contribution is -0.139. The molecule has 0 fully saturated rings. The highest BCUT2D eigenvalue weighted by Gasteiger charge is 2.45. The van der Waals surface area contributed by atoms with E-state index in [1.54, 1.807) is 0 Å². The summed E-state index contributed by atoms with van der Waals surface area (Å²) >= 11 is 0. The minimum atomic E-state index is -0.703. The third-order valence-electron chi connectivity index (χ3n) is 13.6. The van der Waals surface area contributed by atoms with Gasteiger partial charge in [-0.2, -0.15) is 0 Å². The Labute approximate surface area is 244 Å². The number of carboxylic acids is 1. The number of aliphatic carboxylic acids is 1. The first-order valence-electron chi connectivity index (χ1n) is 15.8. The topological polar surface area (TPSA) is 37.3 Å². The molecule has 0 aromatic heterocycles. The van der Waals surface area contributed by atoms with E-state index in [2.05, 4.69) is 55.5 Å². The van der Waals surface area contributed by atoms with Gasteiger partial charge in [-0.3, -0.25) is 4.79 Å². The Morgan fingerprint density at radius 2 is 0.636 bits per heavy atom. The molecule has 0 aliphatic heterocycles. The zero-order valence-corrected chi connectivity index (χ0v) is 23.1. The van der Waals surface area contributed by atoms with Crippen LogP contribution in [0.5, 0.6) is 0 Å². The monoisotopic (exact) mass is 550 g/mol. The summed E-state index contributed by atoms with van der Waals surface area (Å²) in [6, 6.07) is 18.9. The van der Waals surface area contributed by atoms with Crippen LogP contribution in [-0.2, 0) is 4.79 Å². The van der Waals surface area contributed by atoms with Crippen LogP contribution in [0.2, 0.25) is 0 Å². The van der Waals surface area contributed by atoms with Crippen LogP contribution in [0, 0.1) is 0 Å². The number of carbonyl (C=O) groups is 1. The van der Waals surface area contributed by atoms with Crippen molar-refractivity contribution in [2.24, 2.45) is 0 Å². The SMILES string of the molecule is CC1c2c3ccc4c5ccc6c7ccc8c9ccc%10c(c%11c2c2c3c4c3c5c6c4c7c8c5c9c%10c%11c6c2c3c4c56)C1C(=O)O. The van der Waals surface area contributed by atoms with E-state index in [0.717, 1.165) is 5.56 Å². The molecule has 0 amide bonds. The summed E-state index contributed by atoms with van der Waals surface area (Å²) in [4.78, 5) is 13.4. The van der Waals surface area contributed by atoms with Gasteiger partial charge in [-0.15, -0.1) is 0 Å². The Morgan fingerprint density at radius 3 is 1.00 bits per heavy atom. The van der Waals surface area contributed by atoms with Gasteiger partial charge in [0.15, 0.2) is 0 Å². The van der Waals surface area contributed by atoms with Gasteiger partial charge in [-0.05, 0) is 168 Å². The molecule has 0 saturated heterocycles. The normalized spacial score (nSPS) is 19.2. The number of hydrogen-bond acceptors (Lipinski definition) is 1. The lowest BCUT2D eigenvalue weighted by Crippen LogP contribution is -2.20. The lowest BCUT2D eigenvalue weighted by atomic mass is 9.75. The Morgan fingerprint density at radius 1 is 0.386 bits per heavy atom. The maximum absolute atomic E-state index is 13.4. The number of rotatable bonds is 1. The van der Waals surface area contributed by atoms with Crippen molar-refractivity contribution in [2.75, 3.05) is 0 Å². The van der Waals surface area contributed by atoms with Crippen LogP contribution in [0.15, 0.2) is 48.5 Å². The molecule has 1 N–H and O–H groups in total. The molecule has 0 bridgehead atoms. The molecule has 2 heteroatoms. The molecule has 2 atom stereocenters. The zero-order valence-electron chi connectivity index (χ0n) is 23.1. The third-order valence-corrected chi connectivity index (χ3v) is 13.6. The van der Waals surface area contributed by atoms with Gasteiger partial charge >= 0.3 is 5.97 Å². The second kappa shape index (κ2) is 4.86. The fraction of sp³-hybridized carbons (Fsp3) is 0.0714. The summed E-state index contributed by atoms with van der Waals surface area (Å²) < 4.78 is 0. The second-order valence-electron chi connectivity index (χ2n) is 14.6. The molecule has 15 aromatic rings. The summed E-state index contributed by atoms with van der Waals surface area (Å²) in [5, 5.41) is 49.9. The molecular formula is C42H14O2. The molecule has 0 radical (unpaired) electrons. The minimum absolute atomic E-state index is 0.114. The molecule has 0 spiro atoms. The summed E-state index contributed by atoms with van der Waals surface area (Å²) in [5.74, 6) is -1.39. The highest BCUT2D eigenvalue weighted by Crippen LogP contribution is 2.69. The second-order valence-corrected chi connectivity index (χ2v) is 14.6. The van der Waals surface area contributed by atoms with Crippen molar-refractivity contribution in [3.05, 3.63) is 59.7 Å². The smallest absolute Gasteiger partial charge is 0.311 e. The van der Waals surface area contributed by atoms with Crippen molar-refractivity contribution in [1.82, 2.24) is 0 Å². The van der Waals surface area contributed by atoms with Gasteiger partial charge in [0, 0.05) is 0 Å². The van der Waals surface area contributed by atoms with E-state index in [4.69, 9.17) is 0 Å². The van der Waals surface area contributed by atoms with Gasteiger partial charge < -0.3 is 5.11 Å². The van der Waals surface area contributed by atoms with Gasteiger partial charge in [-0.1, -0.05) is 55.5 Å². The van der Waals surface area contributed by atoms with Crippen molar-refractivity contribution in [3.63, 3.8) is 0 Å². The molecule has 1 aliphatic rings. The van der Waals surface area contributed by atoms with E-state index in [1.165, 1.54) is 156 Å². The van der Waals surface area contributed by atoms with Gasteiger partial charge in [0.1, 0.15) is 0 Å². The number of hydrogen-bond donors (Lipinski definition) is 1. The Kier molecular flexibility index (Phi) is 2.09. The molecule has 0 saturated carbocycles. The summed E-state index contributed by atoms with van der Waals surface area (Å²) in [6.07, 6.45) is 0. The van der Waals surface area contributed by atoms with Crippen LogP contribution in [-0.4, -0.2) is 11.1 Å². The Balaban J connectivity index is 1.51. The first kappa shape index (κ1) is 18.9. The molecule has 2 nitrogen and oxygen atoms in total. The Hall–Kier alpha value is -5.47. The average Bonchev–Trinajstić information content (AvgIpc) is 3.84. The van der Waals surface area contributed by atoms with Gasteiger partial charge in [-0.25, -0.2) is 0 Å². The molecule has 1 aliphatic carbocycles. The maximum Gasteiger partial charge on any atom is 0.311 e. The standard InChI is InChI=1S/C42H14O2/c1-10-19-17-8-6-15-13-4-2-11-12-3-5-14-16-7-9-18-27(20(10)42(43)44)34-30(19)35-28(17)25(15)32-23(13)21(11)31-22(12)24(14)33-26(16)29(18)36(34)41-39(33)37(31)38(32)40(35)41/h2-10,20H,1H3,(H,43,44). The highest BCUT2D eigenvalue weighted by atomic mass is 16.4.